The van der Waals surface area contributed by atoms with Gasteiger partial charge in [0.2, 0.25) is 0 Å². The summed E-state index contributed by atoms with van der Waals surface area (Å²) in [7, 11) is 0. The van der Waals surface area contributed by atoms with E-state index in [1.54, 1.807) is 5.57 Å². The van der Waals surface area contributed by atoms with E-state index < -0.39 is 5.41 Å². The van der Waals surface area contributed by atoms with Crippen LogP contribution in [-0.2, 0) is 28.0 Å². The van der Waals surface area contributed by atoms with Crippen LogP contribution in [0.5, 0.6) is 0 Å². The molecule has 50 heavy (non-hydrogen) atoms. The number of benzene rings is 1. The quantitative estimate of drug-likeness (QED) is 0.238. The lowest BCUT2D eigenvalue weighted by molar-refractivity contribution is -0.184. The van der Waals surface area contributed by atoms with Gasteiger partial charge in [-0.3, -0.25) is 4.79 Å². The smallest absolute Gasteiger partial charge is 0.313 e. The van der Waals surface area contributed by atoms with Crippen LogP contribution in [0.15, 0.2) is 42.0 Å². The van der Waals surface area contributed by atoms with Gasteiger partial charge in [-0.05, 0) is 129 Å². The summed E-state index contributed by atoms with van der Waals surface area (Å²) in [5, 5.41) is 0. The molecule has 2 heterocycles. The minimum absolute atomic E-state index is 0.00958. The Balaban J connectivity index is 1.18. The lowest BCUT2D eigenvalue weighted by atomic mass is 9.33. The number of piperidine rings is 1. The van der Waals surface area contributed by atoms with Crippen LogP contribution >= 0.6 is 0 Å². The van der Waals surface area contributed by atoms with Crippen molar-refractivity contribution in [3.05, 3.63) is 64.6 Å². The molecule has 4 fully saturated rings. The Morgan fingerprint density at radius 2 is 1.64 bits per heavy atom. The van der Waals surface area contributed by atoms with Crippen LogP contribution < -0.4 is 4.90 Å². The molecule has 0 N–H and O–H groups in total. The van der Waals surface area contributed by atoms with Crippen molar-refractivity contribution in [3.63, 3.8) is 0 Å². The number of rotatable bonds is 4. The number of aryl methyl sites for hydroxylation is 1. The molecule has 0 unspecified atom stereocenters. The Bertz CT molecular complexity index is 1680. The van der Waals surface area contributed by atoms with E-state index in [4.69, 9.17) is 14.7 Å². The fourth-order valence-corrected chi connectivity index (χ4v) is 13.7. The number of ether oxygens (including phenoxy) is 1. The Kier molecular flexibility index (Phi) is 8.20. The molecule has 2 aromatic rings. The van der Waals surface area contributed by atoms with Gasteiger partial charge in [0.1, 0.15) is 18.2 Å². The van der Waals surface area contributed by atoms with Crippen molar-refractivity contribution in [2.24, 2.45) is 51.2 Å². The molecule has 270 valence electrons. The van der Waals surface area contributed by atoms with Gasteiger partial charge in [-0.1, -0.05) is 90.4 Å². The highest BCUT2D eigenvalue weighted by molar-refractivity contribution is 5.79. The summed E-state index contributed by atoms with van der Waals surface area (Å²) in [6.07, 6.45) is 15.3. The average molecular weight is 678 g/mol. The van der Waals surface area contributed by atoms with Crippen molar-refractivity contribution < 1.29 is 9.53 Å². The Morgan fingerprint density at radius 1 is 0.900 bits per heavy atom. The third-order valence-corrected chi connectivity index (χ3v) is 16.7. The molecular formula is C45H63N3O2. The zero-order valence-corrected chi connectivity index (χ0v) is 32.4. The first-order valence-electron chi connectivity index (χ1n) is 20.3. The number of esters is 1. The molecule has 1 aliphatic heterocycles. The maximum absolute atomic E-state index is 14.5. The van der Waals surface area contributed by atoms with Crippen molar-refractivity contribution in [2.45, 2.75) is 138 Å². The maximum atomic E-state index is 14.5. The molecule has 5 aliphatic carbocycles. The van der Waals surface area contributed by atoms with Crippen LogP contribution in [0.3, 0.4) is 0 Å². The topological polar surface area (TPSA) is 55.3 Å². The summed E-state index contributed by atoms with van der Waals surface area (Å²) < 4.78 is 6.29. The third kappa shape index (κ3) is 4.79. The number of allylic oxidation sites excluding steroid dienone is 2. The molecule has 5 nitrogen and oxygen atoms in total. The second kappa shape index (κ2) is 11.9. The first-order chi connectivity index (χ1) is 23.8. The summed E-state index contributed by atoms with van der Waals surface area (Å²) >= 11 is 0. The van der Waals surface area contributed by atoms with E-state index in [2.05, 4.69) is 78.5 Å². The van der Waals surface area contributed by atoms with E-state index in [9.17, 15) is 4.79 Å². The zero-order valence-electron chi connectivity index (χ0n) is 32.4. The van der Waals surface area contributed by atoms with E-state index in [0.29, 0.717) is 30.3 Å². The highest BCUT2D eigenvalue weighted by Gasteiger charge is 2.70. The van der Waals surface area contributed by atoms with Crippen LogP contribution in [-0.4, -0.2) is 29.0 Å². The standard InChI is InChI=1S/C45H63N3O2/c1-29-19-22-45(40(49)50-28-32-15-11-9-12-16-32)24-23-43(7)34(37(45)30(29)2)17-18-36-42(6)27-33-38(41(4,5)35(42)20-21-44(36,43)8)46-31(3)47-39(33)48-25-13-10-14-26-48/h9,11-12,15-17,29-30,35-37H,10,13-14,18-28H2,1-8H3/t29-,30+,35+,36-,37+,42+,43-,44-,45+/m1/s1. The van der Waals surface area contributed by atoms with Crippen molar-refractivity contribution in [1.82, 2.24) is 9.97 Å². The monoisotopic (exact) mass is 677 g/mol. The van der Waals surface area contributed by atoms with Crippen LogP contribution in [0, 0.1) is 58.2 Å². The number of fused-ring (bicyclic) bond motifs is 8. The van der Waals surface area contributed by atoms with Gasteiger partial charge >= 0.3 is 5.97 Å². The number of hydrogen-bond donors (Lipinski definition) is 0. The molecular weight excluding hydrogens is 615 g/mol. The molecule has 5 heteroatoms. The van der Waals surface area contributed by atoms with Crippen molar-refractivity contribution in [1.29, 1.82) is 0 Å². The molecule has 0 amide bonds. The molecule has 3 saturated carbocycles. The number of nitrogens with zero attached hydrogens (tertiary/aromatic N) is 3. The minimum Gasteiger partial charge on any atom is -0.460 e. The molecule has 0 spiro atoms. The number of hydrogen-bond acceptors (Lipinski definition) is 5. The summed E-state index contributed by atoms with van der Waals surface area (Å²) in [5.74, 6) is 4.69. The molecule has 0 radical (unpaired) electrons. The van der Waals surface area contributed by atoms with E-state index in [1.807, 2.05) is 18.2 Å². The second-order valence-corrected chi connectivity index (χ2v) is 19.2. The van der Waals surface area contributed by atoms with Gasteiger partial charge in [-0.25, -0.2) is 9.97 Å². The van der Waals surface area contributed by atoms with Gasteiger partial charge < -0.3 is 9.64 Å². The highest BCUT2D eigenvalue weighted by atomic mass is 16.5. The third-order valence-electron chi connectivity index (χ3n) is 16.7. The van der Waals surface area contributed by atoms with E-state index in [1.165, 1.54) is 49.2 Å². The van der Waals surface area contributed by atoms with Crippen molar-refractivity contribution in [3.8, 4) is 0 Å². The van der Waals surface area contributed by atoms with E-state index in [-0.39, 0.29) is 33.5 Å². The molecule has 1 aromatic carbocycles. The van der Waals surface area contributed by atoms with Crippen LogP contribution in [0.2, 0.25) is 0 Å². The number of aromatic nitrogens is 2. The van der Waals surface area contributed by atoms with E-state index >= 15 is 0 Å². The number of anilines is 1. The Morgan fingerprint density at radius 3 is 2.38 bits per heavy atom. The molecule has 8 rings (SSSR count). The largest absolute Gasteiger partial charge is 0.460 e. The molecule has 6 aliphatic rings. The first-order valence-corrected chi connectivity index (χ1v) is 20.3. The first kappa shape index (κ1) is 34.4. The van der Waals surface area contributed by atoms with Crippen molar-refractivity contribution >= 4 is 11.8 Å². The highest BCUT2D eigenvalue weighted by Crippen LogP contribution is 2.75. The zero-order chi connectivity index (χ0) is 35.3. The van der Waals surface area contributed by atoms with Gasteiger partial charge in [-0.15, -0.1) is 0 Å². The fraction of sp³-hybridized carbons (Fsp3) is 0.711. The molecule has 1 saturated heterocycles. The maximum Gasteiger partial charge on any atom is 0.313 e. The number of carbonyl (C=O) groups excluding carboxylic acids is 1. The summed E-state index contributed by atoms with van der Waals surface area (Å²) in [4.78, 5) is 27.6. The molecule has 9 atom stereocenters. The second-order valence-electron chi connectivity index (χ2n) is 19.2. The van der Waals surface area contributed by atoms with Gasteiger partial charge in [-0.2, -0.15) is 0 Å². The van der Waals surface area contributed by atoms with Gasteiger partial charge in [0.05, 0.1) is 11.1 Å². The summed E-state index contributed by atoms with van der Waals surface area (Å²) in [5.41, 5.74) is 5.41. The van der Waals surface area contributed by atoms with Crippen LogP contribution in [0.25, 0.3) is 0 Å². The SMILES string of the molecule is Cc1nc(N2CCCCC2)c2c(n1)C(C)(C)[C@@H]1CC[C@]3(C)[C@H](CC=C4[C@@H]5[C@@H](C)[C@H](C)CC[C@]5(C(=O)OCc5ccccc5)CC[C@]43C)[C@@]1(C)C2. The normalized spacial score (nSPS) is 40.3. The molecule has 0 bridgehead atoms. The van der Waals surface area contributed by atoms with Crippen LogP contribution in [0.1, 0.15) is 135 Å². The predicted octanol–water partition coefficient (Wildman–Crippen LogP) is 10.2. The predicted molar refractivity (Wildman–Crippen MR) is 202 cm³/mol. The summed E-state index contributed by atoms with van der Waals surface area (Å²) in [6, 6.07) is 10.2. The summed E-state index contributed by atoms with van der Waals surface area (Å²) in [6.45, 7) is 22.6. The average Bonchev–Trinajstić information content (AvgIpc) is 3.10. The fourth-order valence-electron chi connectivity index (χ4n) is 13.7. The van der Waals surface area contributed by atoms with Gasteiger partial charge in [0.25, 0.3) is 0 Å². The van der Waals surface area contributed by atoms with Gasteiger partial charge in [0.15, 0.2) is 0 Å². The Labute approximate surface area is 302 Å². The van der Waals surface area contributed by atoms with Gasteiger partial charge in [0, 0.05) is 24.1 Å². The van der Waals surface area contributed by atoms with Crippen LogP contribution in [0.4, 0.5) is 5.82 Å². The number of carbonyl (C=O) groups is 1. The minimum atomic E-state index is -0.416. The lowest BCUT2D eigenvalue weighted by Crippen LogP contribution is -2.65. The van der Waals surface area contributed by atoms with Crippen molar-refractivity contribution in [2.75, 3.05) is 18.0 Å². The Hall–Kier alpha value is -2.69. The molecule has 1 aromatic heterocycles. The van der Waals surface area contributed by atoms with E-state index in [0.717, 1.165) is 63.0 Å². The lowest BCUT2D eigenvalue weighted by Gasteiger charge is -2.71.